The van der Waals surface area contributed by atoms with Gasteiger partial charge in [0.2, 0.25) is 0 Å². The largest absolute Gasteiger partial charge is 0.381 e. The number of ether oxygens (including phenoxy) is 3. The summed E-state index contributed by atoms with van der Waals surface area (Å²) in [6.45, 7) is 5.07. The van der Waals surface area contributed by atoms with Gasteiger partial charge in [-0.05, 0) is 31.1 Å². The van der Waals surface area contributed by atoms with Crippen LogP contribution in [0.3, 0.4) is 0 Å². The van der Waals surface area contributed by atoms with Crippen molar-refractivity contribution >= 4 is 0 Å². The van der Waals surface area contributed by atoms with E-state index in [1.807, 2.05) is 0 Å². The Morgan fingerprint density at radius 2 is 1.89 bits per heavy atom. The number of rotatable bonds is 3. The molecule has 1 N–H and O–H groups in total. The van der Waals surface area contributed by atoms with E-state index in [-0.39, 0.29) is 6.10 Å². The average Bonchev–Trinajstić information content (AvgIpc) is 2.81. The summed E-state index contributed by atoms with van der Waals surface area (Å²) in [4.78, 5) is 0. The summed E-state index contributed by atoms with van der Waals surface area (Å²) < 4.78 is 16.7. The van der Waals surface area contributed by atoms with Crippen LogP contribution in [0, 0.1) is 5.41 Å². The van der Waals surface area contributed by atoms with Gasteiger partial charge in [-0.1, -0.05) is 6.42 Å². The third kappa shape index (κ3) is 2.72. The maximum atomic E-state index is 5.70. The summed E-state index contributed by atoms with van der Waals surface area (Å²) >= 11 is 0. The Bertz CT molecular complexity index is 260. The van der Waals surface area contributed by atoms with Crippen molar-refractivity contribution in [1.29, 1.82) is 0 Å². The molecule has 4 nitrogen and oxygen atoms in total. The van der Waals surface area contributed by atoms with Crippen molar-refractivity contribution in [3.63, 3.8) is 0 Å². The van der Waals surface area contributed by atoms with Crippen molar-refractivity contribution in [1.82, 2.24) is 5.32 Å². The first-order chi connectivity index (χ1) is 8.89. The molecule has 0 radical (unpaired) electrons. The molecule has 0 aromatic carbocycles. The second-order valence-corrected chi connectivity index (χ2v) is 5.90. The minimum absolute atomic E-state index is 0.247. The highest BCUT2D eigenvalue weighted by molar-refractivity contribution is 4.97. The maximum absolute atomic E-state index is 5.70. The molecular weight excluding hydrogens is 230 g/mol. The van der Waals surface area contributed by atoms with Crippen molar-refractivity contribution < 1.29 is 14.2 Å². The Balaban J connectivity index is 1.51. The van der Waals surface area contributed by atoms with Crippen LogP contribution in [0.25, 0.3) is 0 Å². The van der Waals surface area contributed by atoms with Gasteiger partial charge in [-0.25, -0.2) is 0 Å². The molecule has 0 amide bonds. The standard InChI is InChI=1S/C14H25NO3/c1-2-13(14(3-1)4-6-16-7-5-14)15-10-12-11-17-8-9-18-12/h12-13,15H,1-11H2. The topological polar surface area (TPSA) is 39.7 Å². The van der Waals surface area contributed by atoms with Gasteiger partial charge in [0.05, 0.1) is 25.9 Å². The van der Waals surface area contributed by atoms with Gasteiger partial charge < -0.3 is 19.5 Å². The first kappa shape index (κ1) is 12.9. The third-order valence-electron chi connectivity index (χ3n) is 4.87. The van der Waals surface area contributed by atoms with Crippen LogP contribution in [0.4, 0.5) is 0 Å². The zero-order valence-corrected chi connectivity index (χ0v) is 11.2. The molecule has 4 heteroatoms. The molecule has 18 heavy (non-hydrogen) atoms. The number of hydrogen-bond acceptors (Lipinski definition) is 4. The highest BCUT2D eigenvalue weighted by Gasteiger charge is 2.43. The second-order valence-electron chi connectivity index (χ2n) is 5.90. The summed E-state index contributed by atoms with van der Waals surface area (Å²) in [5.74, 6) is 0. The first-order valence-electron chi connectivity index (χ1n) is 7.40. The van der Waals surface area contributed by atoms with Gasteiger partial charge in [-0.3, -0.25) is 0 Å². The Morgan fingerprint density at radius 1 is 1.00 bits per heavy atom. The van der Waals surface area contributed by atoms with Crippen LogP contribution < -0.4 is 5.32 Å². The molecular formula is C14H25NO3. The summed E-state index contributed by atoms with van der Waals surface area (Å²) in [5.41, 5.74) is 0.508. The van der Waals surface area contributed by atoms with Crippen molar-refractivity contribution in [2.75, 3.05) is 39.6 Å². The molecule has 2 saturated heterocycles. The molecule has 2 heterocycles. The van der Waals surface area contributed by atoms with Crippen molar-refractivity contribution in [3.05, 3.63) is 0 Å². The lowest BCUT2D eigenvalue weighted by molar-refractivity contribution is -0.0889. The lowest BCUT2D eigenvalue weighted by Crippen LogP contribution is -2.48. The van der Waals surface area contributed by atoms with E-state index in [0.29, 0.717) is 11.5 Å². The normalized spacial score (nSPS) is 36.0. The van der Waals surface area contributed by atoms with Crippen LogP contribution in [0.5, 0.6) is 0 Å². The molecule has 1 spiro atoms. The van der Waals surface area contributed by atoms with E-state index in [1.54, 1.807) is 0 Å². The molecule has 1 saturated carbocycles. The number of nitrogens with one attached hydrogen (secondary N) is 1. The first-order valence-corrected chi connectivity index (χ1v) is 7.40. The van der Waals surface area contributed by atoms with Crippen LogP contribution in [-0.2, 0) is 14.2 Å². The van der Waals surface area contributed by atoms with Crippen LogP contribution in [0.1, 0.15) is 32.1 Å². The summed E-state index contributed by atoms with van der Waals surface area (Å²) in [6.07, 6.45) is 6.75. The van der Waals surface area contributed by atoms with E-state index in [0.717, 1.165) is 39.6 Å². The monoisotopic (exact) mass is 255 g/mol. The minimum Gasteiger partial charge on any atom is -0.381 e. The summed E-state index contributed by atoms with van der Waals surface area (Å²) in [5, 5.41) is 3.75. The average molecular weight is 255 g/mol. The third-order valence-corrected chi connectivity index (χ3v) is 4.87. The molecule has 3 fully saturated rings. The number of hydrogen-bond donors (Lipinski definition) is 1. The van der Waals surface area contributed by atoms with Gasteiger partial charge in [0.15, 0.2) is 0 Å². The molecule has 2 unspecified atom stereocenters. The van der Waals surface area contributed by atoms with E-state index >= 15 is 0 Å². The minimum atomic E-state index is 0.247. The highest BCUT2D eigenvalue weighted by Crippen LogP contribution is 2.45. The Morgan fingerprint density at radius 3 is 2.67 bits per heavy atom. The van der Waals surface area contributed by atoms with Crippen LogP contribution in [-0.4, -0.2) is 51.7 Å². The fourth-order valence-electron chi connectivity index (χ4n) is 3.76. The van der Waals surface area contributed by atoms with Gasteiger partial charge in [-0.2, -0.15) is 0 Å². The highest BCUT2D eigenvalue weighted by atomic mass is 16.6. The van der Waals surface area contributed by atoms with E-state index in [4.69, 9.17) is 14.2 Å². The molecule has 1 aliphatic carbocycles. The molecule has 0 aromatic heterocycles. The maximum Gasteiger partial charge on any atom is 0.0933 e. The van der Waals surface area contributed by atoms with E-state index in [9.17, 15) is 0 Å². The van der Waals surface area contributed by atoms with Crippen LogP contribution in [0.15, 0.2) is 0 Å². The van der Waals surface area contributed by atoms with Crippen molar-refractivity contribution in [3.8, 4) is 0 Å². The zero-order chi connectivity index (χ0) is 12.3. The molecule has 3 aliphatic rings. The lowest BCUT2D eigenvalue weighted by Gasteiger charge is -2.40. The smallest absolute Gasteiger partial charge is 0.0933 e. The molecule has 0 aromatic rings. The Kier molecular flexibility index (Phi) is 4.19. The van der Waals surface area contributed by atoms with E-state index in [2.05, 4.69) is 5.32 Å². The SMILES string of the molecule is C1CC(NCC2COCCO2)C2(C1)CCOCC2. The van der Waals surface area contributed by atoms with E-state index in [1.165, 1.54) is 32.1 Å². The second kappa shape index (κ2) is 5.87. The molecule has 2 atom stereocenters. The van der Waals surface area contributed by atoms with Gasteiger partial charge >= 0.3 is 0 Å². The van der Waals surface area contributed by atoms with Crippen LogP contribution in [0.2, 0.25) is 0 Å². The predicted molar refractivity (Wildman–Crippen MR) is 68.7 cm³/mol. The van der Waals surface area contributed by atoms with Gasteiger partial charge in [-0.15, -0.1) is 0 Å². The Hall–Kier alpha value is -0.160. The van der Waals surface area contributed by atoms with E-state index < -0.39 is 0 Å². The van der Waals surface area contributed by atoms with Gasteiger partial charge in [0.1, 0.15) is 0 Å². The molecule has 3 rings (SSSR count). The fourth-order valence-corrected chi connectivity index (χ4v) is 3.76. The van der Waals surface area contributed by atoms with Gasteiger partial charge in [0.25, 0.3) is 0 Å². The fraction of sp³-hybridized carbons (Fsp3) is 1.00. The molecule has 0 bridgehead atoms. The summed E-state index contributed by atoms with van der Waals surface area (Å²) in [7, 11) is 0. The van der Waals surface area contributed by atoms with Gasteiger partial charge in [0, 0.05) is 25.8 Å². The summed E-state index contributed by atoms with van der Waals surface area (Å²) in [6, 6.07) is 0.659. The predicted octanol–water partition coefficient (Wildman–Crippen LogP) is 1.34. The van der Waals surface area contributed by atoms with Crippen molar-refractivity contribution in [2.45, 2.75) is 44.2 Å². The Labute approximate surface area is 109 Å². The quantitative estimate of drug-likeness (QED) is 0.826. The molecule has 2 aliphatic heterocycles. The molecule has 104 valence electrons. The van der Waals surface area contributed by atoms with Crippen molar-refractivity contribution in [2.24, 2.45) is 5.41 Å². The van der Waals surface area contributed by atoms with Crippen LogP contribution >= 0.6 is 0 Å². The lowest BCUT2D eigenvalue weighted by atomic mass is 9.75. The zero-order valence-electron chi connectivity index (χ0n) is 11.2.